The van der Waals surface area contributed by atoms with Crippen molar-refractivity contribution in [2.45, 2.75) is 51.4 Å². The van der Waals surface area contributed by atoms with Crippen molar-refractivity contribution >= 4 is 18.0 Å². The van der Waals surface area contributed by atoms with Crippen LogP contribution in [0.3, 0.4) is 0 Å². The van der Waals surface area contributed by atoms with Crippen LogP contribution in [0.5, 0.6) is 17.2 Å². The number of esters is 1. The minimum atomic E-state index is -4.49. The van der Waals surface area contributed by atoms with Crippen LogP contribution in [0, 0.1) is 0 Å². The van der Waals surface area contributed by atoms with Crippen LogP contribution in [-0.2, 0) is 26.9 Å². The maximum absolute atomic E-state index is 13.7. The van der Waals surface area contributed by atoms with Crippen LogP contribution in [0.2, 0.25) is 0 Å². The molecule has 0 radical (unpaired) electrons. The highest BCUT2D eigenvalue weighted by Crippen LogP contribution is 2.36. The number of hydrogen-bond acceptors (Lipinski definition) is 6. The summed E-state index contributed by atoms with van der Waals surface area (Å²) in [4.78, 5) is 40.9. The monoisotopic (exact) mass is 660 g/mol. The second-order valence-corrected chi connectivity index (χ2v) is 12.2. The number of nitrogens with zero attached hydrogens (tertiary/aromatic N) is 1. The molecule has 1 N–H and O–H groups in total. The highest BCUT2D eigenvalue weighted by Gasteiger charge is 2.38. The molecule has 5 rings (SSSR count). The number of carbonyl (C=O) groups is 3. The van der Waals surface area contributed by atoms with Crippen molar-refractivity contribution in [1.29, 1.82) is 0 Å². The molecule has 0 spiro atoms. The van der Waals surface area contributed by atoms with Gasteiger partial charge in [0.2, 0.25) is 5.91 Å². The van der Waals surface area contributed by atoms with Crippen LogP contribution in [0.15, 0.2) is 97.1 Å². The van der Waals surface area contributed by atoms with Gasteiger partial charge in [-0.15, -0.1) is 0 Å². The molecule has 0 unspecified atom stereocenters. The van der Waals surface area contributed by atoms with Crippen molar-refractivity contribution in [3.8, 4) is 28.4 Å². The Morgan fingerprint density at radius 3 is 2.08 bits per heavy atom. The van der Waals surface area contributed by atoms with E-state index < -0.39 is 41.4 Å². The fraction of sp³-hybridized carbons (Fsp3) is 0.270. The predicted octanol–water partition coefficient (Wildman–Crippen LogP) is 8.11. The largest absolute Gasteiger partial charge is 0.457 e. The van der Waals surface area contributed by atoms with E-state index in [1.165, 1.54) is 17.0 Å². The first kappa shape index (κ1) is 34.0. The first-order valence-corrected chi connectivity index (χ1v) is 15.4. The zero-order chi connectivity index (χ0) is 34.5. The normalized spacial score (nSPS) is 14.5. The standard InChI is InChI=1S/C37H35F3N2O6/c1-36(2,3)48-35(45)42-22-20-26-11-16-30(46-28-17-12-27(13-18-28)37(38,39)40)23-31(26)33(42)34(44)41-21-19-32(43)47-29-14-9-25(10-15-29)24-7-5-4-6-8-24/h4-18,23,33H,19-22H2,1-3H3,(H,41,44)/t33-/m0/s1. The molecule has 0 aliphatic carbocycles. The third-order valence-corrected chi connectivity index (χ3v) is 7.46. The van der Waals surface area contributed by atoms with Crippen LogP contribution in [0.25, 0.3) is 11.1 Å². The Labute approximate surface area is 276 Å². The van der Waals surface area contributed by atoms with Gasteiger partial charge in [0, 0.05) is 13.1 Å². The molecule has 1 heterocycles. The molecule has 1 aliphatic rings. The molecule has 0 bridgehead atoms. The minimum absolute atomic E-state index is 0.0600. The first-order valence-electron chi connectivity index (χ1n) is 15.4. The van der Waals surface area contributed by atoms with E-state index in [-0.39, 0.29) is 31.0 Å². The molecule has 1 atom stereocenters. The van der Waals surface area contributed by atoms with Crippen LogP contribution < -0.4 is 14.8 Å². The van der Waals surface area contributed by atoms with Gasteiger partial charge in [-0.1, -0.05) is 48.5 Å². The molecular formula is C37H35F3N2O6. The lowest BCUT2D eigenvalue weighted by atomic mass is 9.92. The van der Waals surface area contributed by atoms with Gasteiger partial charge in [0.25, 0.3) is 0 Å². The third kappa shape index (κ3) is 8.72. The van der Waals surface area contributed by atoms with E-state index in [4.69, 9.17) is 14.2 Å². The van der Waals surface area contributed by atoms with E-state index in [1.54, 1.807) is 51.1 Å². The smallest absolute Gasteiger partial charge is 0.416 e. The molecule has 4 aromatic rings. The molecule has 48 heavy (non-hydrogen) atoms. The molecule has 250 valence electrons. The molecule has 11 heteroatoms. The van der Waals surface area contributed by atoms with Crippen molar-refractivity contribution in [1.82, 2.24) is 10.2 Å². The van der Waals surface area contributed by atoms with Crippen molar-refractivity contribution in [2.24, 2.45) is 0 Å². The number of ether oxygens (including phenoxy) is 3. The summed E-state index contributed by atoms with van der Waals surface area (Å²) in [6.07, 6.45) is -4.88. The fourth-order valence-electron chi connectivity index (χ4n) is 5.22. The fourth-order valence-corrected chi connectivity index (χ4v) is 5.22. The van der Waals surface area contributed by atoms with E-state index in [9.17, 15) is 27.6 Å². The van der Waals surface area contributed by atoms with E-state index >= 15 is 0 Å². The Balaban J connectivity index is 1.28. The average Bonchev–Trinajstić information content (AvgIpc) is 3.04. The predicted molar refractivity (Wildman–Crippen MR) is 172 cm³/mol. The molecule has 0 saturated carbocycles. The summed E-state index contributed by atoms with van der Waals surface area (Å²) < 4.78 is 55.9. The summed E-state index contributed by atoms with van der Waals surface area (Å²) in [7, 11) is 0. The number of rotatable bonds is 8. The van der Waals surface area contributed by atoms with Crippen molar-refractivity contribution in [3.63, 3.8) is 0 Å². The van der Waals surface area contributed by atoms with Gasteiger partial charge in [0.1, 0.15) is 28.9 Å². The molecule has 0 fully saturated rings. The van der Waals surface area contributed by atoms with Gasteiger partial charge in [0.05, 0.1) is 12.0 Å². The topological polar surface area (TPSA) is 94.2 Å². The average molecular weight is 661 g/mol. The molecule has 0 aromatic heterocycles. The summed E-state index contributed by atoms with van der Waals surface area (Å²) in [5.74, 6) is -0.309. The lowest BCUT2D eigenvalue weighted by Gasteiger charge is -2.37. The number of halogens is 3. The van der Waals surface area contributed by atoms with Crippen molar-refractivity contribution < 1.29 is 41.8 Å². The Morgan fingerprint density at radius 2 is 1.44 bits per heavy atom. The third-order valence-electron chi connectivity index (χ3n) is 7.46. The summed E-state index contributed by atoms with van der Waals surface area (Å²) in [5, 5.41) is 2.74. The number of benzene rings is 4. The van der Waals surface area contributed by atoms with Crippen LogP contribution >= 0.6 is 0 Å². The number of hydrogen-bond donors (Lipinski definition) is 1. The summed E-state index contributed by atoms with van der Waals surface area (Å²) in [5.41, 5.74) is 1.62. The molecule has 1 aliphatic heterocycles. The first-order chi connectivity index (χ1) is 22.8. The van der Waals surface area contributed by atoms with Crippen LogP contribution in [-0.4, -0.2) is 41.6 Å². The maximum atomic E-state index is 13.7. The van der Waals surface area contributed by atoms with Crippen LogP contribution in [0.1, 0.15) is 49.9 Å². The van der Waals surface area contributed by atoms with Gasteiger partial charge in [0.15, 0.2) is 0 Å². The number of carbonyl (C=O) groups excluding carboxylic acids is 3. The van der Waals surface area contributed by atoms with Crippen LogP contribution in [0.4, 0.5) is 18.0 Å². The van der Waals surface area contributed by atoms with E-state index in [1.807, 2.05) is 42.5 Å². The summed E-state index contributed by atoms with van der Waals surface area (Å²) in [6.45, 7) is 5.29. The van der Waals surface area contributed by atoms with E-state index in [0.29, 0.717) is 17.7 Å². The Bertz CT molecular complexity index is 1750. The Morgan fingerprint density at radius 1 is 0.812 bits per heavy atom. The number of amides is 2. The molecule has 2 amide bonds. The van der Waals surface area contributed by atoms with Gasteiger partial charge >= 0.3 is 18.2 Å². The van der Waals surface area contributed by atoms with Crippen molar-refractivity contribution in [3.05, 3.63) is 114 Å². The summed E-state index contributed by atoms with van der Waals surface area (Å²) >= 11 is 0. The summed E-state index contributed by atoms with van der Waals surface area (Å²) in [6, 6.07) is 24.9. The number of nitrogens with one attached hydrogen (secondary N) is 1. The van der Waals surface area contributed by atoms with Gasteiger partial charge in [-0.2, -0.15) is 13.2 Å². The second kappa shape index (κ2) is 14.2. The van der Waals surface area contributed by atoms with Gasteiger partial charge in [-0.25, -0.2) is 4.79 Å². The van der Waals surface area contributed by atoms with Crippen molar-refractivity contribution in [2.75, 3.05) is 13.1 Å². The maximum Gasteiger partial charge on any atom is 0.416 e. The zero-order valence-electron chi connectivity index (χ0n) is 26.7. The second-order valence-electron chi connectivity index (χ2n) is 12.2. The SMILES string of the molecule is CC(C)(C)OC(=O)N1CCc2ccc(Oc3ccc(C(F)(F)F)cc3)cc2[C@H]1C(=O)NCCC(=O)Oc1ccc(-c2ccccc2)cc1. The Kier molecular flexibility index (Phi) is 10.1. The van der Waals surface area contributed by atoms with Gasteiger partial charge < -0.3 is 19.5 Å². The molecule has 4 aromatic carbocycles. The number of fused-ring (bicyclic) bond motifs is 1. The quantitative estimate of drug-likeness (QED) is 0.152. The Hall–Kier alpha value is -5.32. The van der Waals surface area contributed by atoms with E-state index in [0.717, 1.165) is 28.8 Å². The molecular weight excluding hydrogens is 625 g/mol. The molecule has 8 nitrogen and oxygen atoms in total. The lowest BCUT2D eigenvalue weighted by Crippen LogP contribution is -2.49. The van der Waals surface area contributed by atoms with Gasteiger partial charge in [-0.05, 0) is 98.0 Å². The molecule has 0 saturated heterocycles. The van der Waals surface area contributed by atoms with Gasteiger partial charge in [-0.3, -0.25) is 14.5 Å². The minimum Gasteiger partial charge on any atom is -0.457 e. The highest BCUT2D eigenvalue weighted by atomic mass is 19.4. The highest BCUT2D eigenvalue weighted by molar-refractivity contribution is 5.88. The zero-order valence-corrected chi connectivity index (χ0v) is 26.7. The number of alkyl halides is 3. The lowest BCUT2D eigenvalue weighted by molar-refractivity contribution is -0.137. The van der Waals surface area contributed by atoms with E-state index in [2.05, 4.69) is 5.32 Å².